The SMILES string of the molecule is COc1ccc(C(O)c2occc2Br)cc1C. The number of hydrogen-bond donors (Lipinski definition) is 1. The first kappa shape index (κ1) is 12.2. The number of aliphatic hydroxyl groups excluding tert-OH is 1. The molecule has 0 aliphatic rings. The Morgan fingerprint density at radius 2 is 2.12 bits per heavy atom. The average molecular weight is 297 g/mol. The number of furan rings is 1. The van der Waals surface area contributed by atoms with Crippen molar-refractivity contribution in [3.63, 3.8) is 0 Å². The summed E-state index contributed by atoms with van der Waals surface area (Å²) in [6.45, 7) is 1.94. The summed E-state index contributed by atoms with van der Waals surface area (Å²) in [7, 11) is 1.63. The molecular weight excluding hydrogens is 284 g/mol. The van der Waals surface area contributed by atoms with E-state index in [0.29, 0.717) is 5.76 Å². The molecule has 17 heavy (non-hydrogen) atoms. The van der Waals surface area contributed by atoms with Crippen LogP contribution in [-0.4, -0.2) is 12.2 Å². The highest BCUT2D eigenvalue weighted by molar-refractivity contribution is 9.10. The Kier molecular flexibility index (Phi) is 3.54. The zero-order valence-corrected chi connectivity index (χ0v) is 11.2. The third-order valence-corrected chi connectivity index (χ3v) is 3.28. The van der Waals surface area contributed by atoms with Crippen molar-refractivity contribution in [2.45, 2.75) is 13.0 Å². The van der Waals surface area contributed by atoms with Crippen molar-refractivity contribution in [3.05, 3.63) is 51.9 Å². The first-order valence-electron chi connectivity index (χ1n) is 5.19. The van der Waals surface area contributed by atoms with Gasteiger partial charge in [-0.15, -0.1) is 0 Å². The smallest absolute Gasteiger partial charge is 0.150 e. The van der Waals surface area contributed by atoms with Crippen LogP contribution in [0.1, 0.15) is 23.0 Å². The maximum atomic E-state index is 10.2. The monoisotopic (exact) mass is 296 g/mol. The number of hydrogen-bond acceptors (Lipinski definition) is 3. The molecular formula is C13H13BrO3. The van der Waals surface area contributed by atoms with E-state index in [9.17, 15) is 5.11 Å². The van der Waals surface area contributed by atoms with Gasteiger partial charge in [-0.2, -0.15) is 0 Å². The predicted molar refractivity (Wildman–Crippen MR) is 68.2 cm³/mol. The number of benzene rings is 1. The predicted octanol–water partition coefficient (Wildman–Crippen LogP) is 3.44. The fourth-order valence-corrected chi connectivity index (χ4v) is 2.14. The number of halogens is 1. The number of methoxy groups -OCH3 is 1. The Morgan fingerprint density at radius 3 is 2.65 bits per heavy atom. The van der Waals surface area contributed by atoms with Crippen molar-refractivity contribution in [1.29, 1.82) is 0 Å². The van der Waals surface area contributed by atoms with Crippen LogP contribution in [0.5, 0.6) is 5.75 Å². The summed E-state index contributed by atoms with van der Waals surface area (Å²) in [5, 5.41) is 10.2. The van der Waals surface area contributed by atoms with E-state index in [1.807, 2.05) is 25.1 Å². The second-order valence-corrected chi connectivity index (χ2v) is 4.62. The van der Waals surface area contributed by atoms with E-state index >= 15 is 0 Å². The molecule has 0 radical (unpaired) electrons. The number of ether oxygens (including phenoxy) is 1. The second kappa shape index (κ2) is 4.94. The lowest BCUT2D eigenvalue weighted by Crippen LogP contribution is -2.00. The lowest BCUT2D eigenvalue weighted by atomic mass is 10.0. The Bertz CT molecular complexity index is 519. The van der Waals surface area contributed by atoms with Crippen molar-refractivity contribution in [2.75, 3.05) is 7.11 Å². The maximum absolute atomic E-state index is 10.2. The first-order valence-corrected chi connectivity index (χ1v) is 5.98. The molecule has 1 N–H and O–H groups in total. The maximum Gasteiger partial charge on any atom is 0.150 e. The lowest BCUT2D eigenvalue weighted by Gasteiger charge is -2.11. The van der Waals surface area contributed by atoms with Crippen molar-refractivity contribution < 1.29 is 14.3 Å². The highest BCUT2D eigenvalue weighted by atomic mass is 79.9. The van der Waals surface area contributed by atoms with Gasteiger partial charge >= 0.3 is 0 Å². The van der Waals surface area contributed by atoms with Crippen molar-refractivity contribution >= 4 is 15.9 Å². The molecule has 1 atom stereocenters. The molecule has 0 bridgehead atoms. The molecule has 4 heteroatoms. The largest absolute Gasteiger partial charge is 0.496 e. The van der Waals surface area contributed by atoms with Gasteiger partial charge in [0, 0.05) is 0 Å². The van der Waals surface area contributed by atoms with Crippen LogP contribution in [0, 0.1) is 6.92 Å². The van der Waals surface area contributed by atoms with Gasteiger partial charge in [-0.1, -0.05) is 6.07 Å². The molecule has 1 aromatic heterocycles. The highest BCUT2D eigenvalue weighted by Crippen LogP contribution is 2.31. The van der Waals surface area contributed by atoms with Gasteiger partial charge in [0.1, 0.15) is 11.9 Å². The van der Waals surface area contributed by atoms with Crippen molar-refractivity contribution in [2.24, 2.45) is 0 Å². The van der Waals surface area contributed by atoms with Gasteiger partial charge in [0.25, 0.3) is 0 Å². The van der Waals surface area contributed by atoms with E-state index in [4.69, 9.17) is 9.15 Å². The fourth-order valence-electron chi connectivity index (χ4n) is 1.72. The Hall–Kier alpha value is -1.26. The molecule has 1 unspecified atom stereocenters. The van der Waals surface area contributed by atoms with Crippen molar-refractivity contribution in [3.8, 4) is 5.75 Å². The molecule has 90 valence electrons. The molecule has 0 amide bonds. The highest BCUT2D eigenvalue weighted by Gasteiger charge is 2.17. The Morgan fingerprint density at radius 1 is 1.35 bits per heavy atom. The standard InChI is InChI=1S/C13H13BrO3/c1-8-7-9(3-4-11(8)16-2)12(15)13-10(14)5-6-17-13/h3-7,12,15H,1-2H3. The molecule has 0 fully saturated rings. The van der Waals surface area contributed by atoms with E-state index in [1.54, 1.807) is 19.4 Å². The summed E-state index contributed by atoms with van der Waals surface area (Å²) in [6, 6.07) is 7.31. The van der Waals surface area contributed by atoms with Crippen LogP contribution in [-0.2, 0) is 0 Å². The summed E-state index contributed by atoms with van der Waals surface area (Å²) in [5.41, 5.74) is 1.76. The van der Waals surface area contributed by atoms with Gasteiger partial charge < -0.3 is 14.3 Å². The van der Waals surface area contributed by atoms with Crippen LogP contribution in [0.25, 0.3) is 0 Å². The molecule has 0 spiro atoms. The average Bonchev–Trinajstić information content (AvgIpc) is 2.74. The topological polar surface area (TPSA) is 42.6 Å². The lowest BCUT2D eigenvalue weighted by molar-refractivity contribution is 0.188. The Balaban J connectivity index is 2.35. The van der Waals surface area contributed by atoms with Crippen LogP contribution in [0.3, 0.4) is 0 Å². The van der Waals surface area contributed by atoms with Gasteiger partial charge in [0.05, 0.1) is 17.8 Å². The fraction of sp³-hybridized carbons (Fsp3) is 0.231. The van der Waals surface area contributed by atoms with E-state index in [0.717, 1.165) is 21.3 Å². The molecule has 3 nitrogen and oxygen atoms in total. The molecule has 0 aliphatic carbocycles. The van der Waals surface area contributed by atoms with Crippen molar-refractivity contribution in [1.82, 2.24) is 0 Å². The Labute approximate surface area is 108 Å². The van der Waals surface area contributed by atoms with Gasteiger partial charge in [-0.3, -0.25) is 0 Å². The number of aliphatic hydroxyl groups is 1. The third kappa shape index (κ3) is 2.37. The van der Waals surface area contributed by atoms with E-state index in [1.165, 1.54) is 0 Å². The number of aryl methyl sites for hydroxylation is 1. The zero-order chi connectivity index (χ0) is 12.4. The normalized spacial score (nSPS) is 12.5. The van der Waals surface area contributed by atoms with Gasteiger partial charge in [-0.25, -0.2) is 0 Å². The van der Waals surface area contributed by atoms with Crippen LogP contribution >= 0.6 is 15.9 Å². The summed E-state index contributed by atoms with van der Waals surface area (Å²) in [5.74, 6) is 1.31. The summed E-state index contributed by atoms with van der Waals surface area (Å²) < 4.78 is 11.2. The van der Waals surface area contributed by atoms with Crippen LogP contribution in [0.15, 0.2) is 39.4 Å². The van der Waals surface area contributed by atoms with E-state index in [-0.39, 0.29) is 0 Å². The molecule has 0 aliphatic heterocycles. The van der Waals surface area contributed by atoms with Crippen LogP contribution in [0.4, 0.5) is 0 Å². The van der Waals surface area contributed by atoms with E-state index < -0.39 is 6.10 Å². The molecule has 1 aromatic carbocycles. The quantitative estimate of drug-likeness (QED) is 0.943. The minimum Gasteiger partial charge on any atom is -0.496 e. The molecule has 0 saturated heterocycles. The first-order chi connectivity index (χ1) is 8.13. The minimum atomic E-state index is -0.774. The van der Waals surface area contributed by atoms with Gasteiger partial charge in [0.15, 0.2) is 5.76 Å². The summed E-state index contributed by atoms with van der Waals surface area (Å²) in [6.07, 6.45) is 0.767. The van der Waals surface area contributed by atoms with Gasteiger partial charge in [0.2, 0.25) is 0 Å². The minimum absolute atomic E-state index is 0.509. The molecule has 0 saturated carbocycles. The summed E-state index contributed by atoms with van der Waals surface area (Å²) in [4.78, 5) is 0. The molecule has 2 aromatic rings. The van der Waals surface area contributed by atoms with Crippen LogP contribution in [0.2, 0.25) is 0 Å². The van der Waals surface area contributed by atoms with Gasteiger partial charge in [-0.05, 0) is 52.2 Å². The molecule has 1 heterocycles. The summed E-state index contributed by atoms with van der Waals surface area (Å²) >= 11 is 3.33. The second-order valence-electron chi connectivity index (χ2n) is 3.76. The molecule has 2 rings (SSSR count). The third-order valence-electron chi connectivity index (χ3n) is 2.63. The van der Waals surface area contributed by atoms with E-state index in [2.05, 4.69) is 15.9 Å². The number of rotatable bonds is 3. The van der Waals surface area contributed by atoms with Crippen LogP contribution < -0.4 is 4.74 Å². The zero-order valence-electron chi connectivity index (χ0n) is 9.61.